The first-order valence-electron chi connectivity index (χ1n) is 7.32. The molecule has 4 heterocycles. The zero-order valence-electron chi connectivity index (χ0n) is 12.8. The summed E-state index contributed by atoms with van der Waals surface area (Å²) in [6.45, 7) is 2.45. The van der Waals surface area contributed by atoms with Crippen molar-refractivity contribution in [3.05, 3.63) is 47.8 Å². The van der Waals surface area contributed by atoms with Crippen LogP contribution in [0, 0.1) is 6.92 Å². The first-order valence-corrected chi connectivity index (χ1v) is 7.32. The van der Waals surface area contributed by atoms with Crippen LogP contribution in [0.3, 0.4) is 0 Å². The number of aryl methyl sites for hydroxylation is 1. The van der Waals surface area contributed by atoms with Gasteiger partial charge in [-0.15, -0.1) is 5.10 Å². The molecule has 3 aromatic heterocycles. The van der Waals surface area contributed by atoms with Crippen LogP contribution in [-0.4, -0.2) is 42.2 Å². The van der Waals surface area contributed by atoms with E-state index in [0.29, 0.717) is 17.9 Å². The summed E-state index contributed by atoms with van der Waals surface area (Å²) in [6.07, 6.45) is 6.02. The van der Waals surface area contributed by atoms with Crippen molar-refractivity contribution in [3.63, 3.8) is 0 Å². The second kappa shape index (κ2) is 5.01. The van der Waals surface area contributed by atoms with Crippen molar-refractivity contribution in [2.24, 2.45) is 7.05 Å². The van der Waals surface area contributed by atoms with Gasteiger partial charge >= 0.3 is 0 Å². The standard InChI is InChI=1S/C15H15N7O/c1-10-14(18-19-22(10)11-8-17-20(2)9-11)15(23)21-7-5-12-13(21)4-3-6-16-12/h3-4,6,8-9H,5,7H2,1-2H3. The highest BCUT2D eigenvalue weighted by Crippen LogP contribution is 2.27. The largest absolute Gasteiger partial charge is 0.305 e. The molecule has 1 aliphatic heterocycles. The van der Waals surface area contributed by atoms with Crippen molar-refractivity contribution in [1.29, 1.82) is 0 Å². The number of nitrogens with zero attached hydrogens (tertiary/aromatic N) is 7. The number of hydrogen-bond acceptors (Lipinski definition) is 5. The average molecular weight is 309 g/mol. The number of hydrogen-bond donors (Lipinski definition) is 0. The van der Waals surface area contributed by atoms with E-state index in [0.717, 1.165) is 23.5 Å². The molecule has 0 N–H and O–H groups in total. The third-order valence-corrected chi connectivity index (χ3v) is 4.01. The molecule has 8 heteroatoms. The Hall–Kier alpha value is -3.03. The van der Waals surface area contributed by atoms with E-state index in [-0.39, 0.29) is 5.91 Å². The molecule has 4 rings (SSSR count). The van der Waals surface area contributed by atoms with Crippen molar-refractivity contribution in [1.82, 2.24) is 29.8 Å². The molecule has 0 spiro atoms. The number of carbonyl (C=O) groups is 1. The van der Waals surface area contributed by atoms with E-state index in [1.54, 1.807) is 26.7 Å². The molecule has 0 radical (unpaired) electrons. The van der Waals surface area contributed by atoms with E-state index in [1.807, 2.05) is 32.3 Å². The van der Waals surface area contributed by atoms with Gasteiger partial charge in [0.15, 0.2) is 5.69 Å². The monoisotopic (exact) mass is 309 g/mol. The van der Waals surface area contributed by atoms with Gasteiger partial charge < -0.3 is 4.90 Å². The Morgan fingerprint density at radius 1 is 1.35 bits per heavy atom. The van der Waals surface area contributed by atoms with Crippen LogP contribution in [0.4, 0.5) is 5.69 Å². The number of rotatable bonds is 2. The Balaban J connectivity index is 1.70. The highest BCUT2D eigenvalue weighted by Gasteiger charge is 2.29. The topological polar surface area (TPSA) is 81.7 Å². The van der Waals surface area contributed by atoms with Gasteiger partial charge in [-0.05, 0) is 19.1 Å². The smallest absolute Gasteiger partial charge is 0.280 e. The SMILES string of the molecule is Cc1c(C(=O)N2CCc3ncccc32)nnn1-c1cnn(C)c1. The molecule has 0 atom stereocenters. The third kappa shape index (κ3) is 2.10. The predicted molar refractivity (Wildman–Crippen MR) is 82.5 cm³/mol. The van der Waals surface area contributed by atoms with E-state index >= 15 is 0 Å². The van der Waals surface area contributed by atoms with E-state index in [9.17, 15) is 4.79 Å². The molecule has 0 saturated heterocycles. The molecular weight excluding hydrogens is 294 g/mol. The van der Waals surface area contributed by atoms with Crippen LogP contribution >= 0.6 is 0 Å². The minimum Gasteiger partial charge on any atom is -0.305 e. The minimum absolute atomic E-state index is 0.149. The third-order valence-electron chi connectivity index (χ3n) is 4.01. The van der Waals surface area contributed by atoms with Gasteiger partial charge in [0.1, 0.15) is 5.69 Å². The number of carbonyl (C=O) groups excluding carboxylic acids is 1. The quantitative estimate of drug-likeness (QED) is 0.702. The molecular formula is C15H15N7O. The number of anilines is 1. The van der Waals surface area contributed by atoms with Crippen molar-refractivity contribution < 1.29 is 4.79 Å². The van der Waals surface area contributed by atoms with Crippen LogP contribution in [0.1, 0.15) is 21.9 Å². The van der Waals surface area contributed by atoms with Gasteiger partial charge in [0, 0.05) is 26.2 Å². The maximum absolute atomic E-state index is 12.8. The van der Waals surface area contributed by atoms with Gasteiger partial charge in [-0.1, -0.05) is 5.21 Å². The summed E-state index contributed by atoms with van der Waals surface area (Å²) < 4.78 is 3.31. The van der Waals surface area contributed by atoms with Crippen LogP contribution < -0.4 is 4.90 Å². The summed E-state index contributed by atoms with van der Waals surface area (Å²) in [7, 11) is 1.83. The highest BCUT2D eigenvalue weighted by molar-refractivity contribution is 6.06. The fraction of sp³-hybridized carbons (Fsp3) is 0.267. The van der Waals surface area contributed by atoms with Gasteiger partial charge in [-0.25, -0.2) is 4.68 Å². The lowest BCUT2D eigenvalue weighted by Crippen LogP contribution is -2.29. The van der Waals surface area contributed by atoms with Gasteiger partial charge in [0.2, 0.25) is 0 Å². The molecule has 0 fully saturated rings. The molecule has 0 aromatic carbocycles. The predicted octanol–water partition coefficient (Wildman–Crippen LogP) is 0.907. The van der Waals surface area contributed by atoms with Crippen LogP contribution in [0.25, 0.3) is 5.69 Å². The number of aromatic nitrogens is 6. The van der Waals surface area contributed by atoms with E-state index < -0.39 is 0 Å². The highest BCUT2D eigenvalue weighted by atomic mass is 16.2. The fourth-order valence-corrected chi connectivity index (χ4v) is 2.83. The second-order valence-electron chi connectivity index (χ2n) is 5.48. The molecule has 116 valence electrons. The van der Waals surface area contributed by atoms with Gasteiger partial charge in [0.25, 0.3) is 5.91 Å². The normalized spacial score (nSPS) is 13.4. The van der Waals surface area contributed by atoms with Crippen LogP contribution in [0.2, 0.25) is 0 Å². The second-order valence-corrected chi connectivity index (χ2v) is 5.48. The average Bonchev–Trinajstić information content (AvgIpc) is 3.25. The Morgan fingerprint density at radius 2 is 2.22 bits per heavy atom. The zero-order valence-corrected chi connectivity index (χ0v) is 12.8. The van der Waals surface area contributed by atoms with E-state index in [4.69, 9.17) is 0 Å². The molecule has 23 heavy (non-hydrogen) atoms. The summed E-state index contributed by atoms with van der Waals surface area (Å²) in [5.74, 6) is -0.149. The molecule has 0 aliphatic carbocycles. The number of fused-ring (bicyclic) bond motifs is 1. The minimum atomic E-state index is -0.149. The fourth-order valence-electron chi connectivity index (χ4n) is 2.83. The van der Waals surface area contributed by atoms with Gasteiger partial charge in [-0.3, -0.25) is 14.5 Å². The van der Waals surface area contributed by atoms with Crippen molar-refractivity contribution >= 4 is 11.6 Å². The summed E-state index contributed by atoms with van der Waals surface area (Å²) in [5, 5.41) is 12.3. The molecule has 1 amide bonds. The molecule has 0 unspecified atom stereocenters. The lowest BCUT2D eigenvalue weighted by atomic mass is 10.2. The summed E-state index contributed by atoms with van der Waals surface area (Å²) in [5.41, 5.74) is 3.62. The van der Waals surface area contributed by atoms with E-state index in [2.05, 4.69) is 20.4 Å². The Kier molecular flexibility index (Phi) is 2.97. The Labute approximate surface area is 132 Å². The first-order chi connectivity index (χ1) is 11.1. The molecule has 0 bridgehead atoms. The lowest BCUT2D eigenvalue weighted by molar-refractivity contribution is 0.0984. The summed E-state index contributed by atoms with van der Waals surface area (Å²) in [4.78, 5) is 18.9. The number of amides is 1. The van der Waals surface area contributed by atoms with Crippen molar-refractivity contribution in [2.45, 2.75) is 13.3 Å². The molecule has 1 aliphatic rings. The Bertz CT molecular complexity index is 895. The van der Waals surface area contributed by atoms with Crippen molar-refractivity contribution in [3.8, 4) is 5.69 Å². The maximum Gasteiger partial charge on any atom is 0.280 e. The van der Waals surface area contributed by atoms with E-state index in [1.165, 1.54) is 0 Å². The van der Waals surface area contributed by atoms with Gasteiger partial charge in [-0.2, -0.15) is 5.10 Å². The maximum atomic E-state index is 12.8. The van der Waals surface area contributed by atoms with Gasteiger partial charge in [0.05, 0.1) is 29.5 Å². The lowest BCUT2D eigenvalue weighted by Gasteiger charge is -2.15. The van der Waals surface area contributed by atoms with Crippen LogP contribution in [0.5, 0.6) is 0 Å². The van der Waals surface area contributed by atoms with Crippen molar-refractivity contribution in [2.75, 3.05) is 11.4 Å². The molecule has 8 nitrogen and oxygen atoms in total. The molecule has 3 aromatic rings. The van der Waals surface area contributed by atoms with Crippen LogP contribution in [-0.2, 0) is 13.5 Å². The summed E-state index contributed by atoms with van der Waals surface area (Å²) in [6, 6.07) is 3.75. The zero-order chi connectivity index (χ0) is 16.0. The number of pyridine rings is 1. The Morgan fingerprint density at radius 3 is 3.00 bits per heavy atom. The van der Waals surface area contributed by atoms with Crippen LogP contribution in [0.15, 0.2) is 30.7 Å². The molecule has 0 saturated carbocycles. The summed E-state index contributed by atoms with van der Waals surface area (Å²) >= 11 is 0. The first kappa shape index (κ1) is 13.6.